The van der Waals surface area contributed by atoms with Gasteiger partial charge in [0.05, 0.1) is 4.92 Å². The van der Waals surface area contributed by atoms with Gasteiger partial charge < -0.3 is 4.74 Å². The number of hydrogen-bond donors (Lipinski definition) is 0. The van der Waals surface area contributed by atoms with Crippen molar-refractivity contribution in [2.24, 2.45) is 0 Å². The quantitative estimate of drug-likeness (QED) is 0.542. The van der Waals surface area contributed by atoms with Gasteiger partial charge >= 0.3 is 0 Å². The van der Waals surface area contributed by atoms with Crippen LogP contribution in [0.3, 0.4) is 0 Å². The summed E-state index contributed by atoms with van der Waals surface area (Å²) in [4.78, 5) is 11.1. The van der Waals surface area contributed by atoms with E-state index in [0.29, 0.717) is 16.3 Å². The average Bonchev–Trinajstić information content (AvgIpc) is 2.52. The van der Waals surface area contributed by atoms with Gasteiger partial charge in [-0.15, -0.1) is 0 Å². The highest BCUT2D eigenvalue weighted by molar-refractivity contribution is 6.30. The largest absolute Gasteiger partial charge is 0.474 e. The smallest absolute Gasteiger partial charge is 0.291 e. The van der Waals surface area contributed by atoms with Crippen molar-refractivity contribution < 1.29 is 9.66 Å². The van der Waals surface area contributed by atoms with Crippen molar-refractivity contribution in [1.29, 1.82) is 0 Å². The van der Waals surface area contributed by atoms with Crippen molar-refractivity contribution in [3.05, 3.63) is 80.0 Å². The summed E-state index contributed by atoms with van der Waals surface area (Å²) >= 11 is 5.96. The first-order valence-electron chi connectivity index (χ1n) is 7.68. The van der Waals surface area contributed by atoms with E-state index >= 15 is 0 Å². The molecule has 1 heterocycles. The van der Waals surface area contributed by atoms with E-state index in [4.69, 9.17) is 16.3 Å². The summed E-state index contributed by atoms with van der Waals surface area (Å²) in [7, 11) is 0. The Morgan fingerprint density at radius 3 is 2.38 bits per heavy atom. The summed E-state index contributed by atoms with van der Waals surface area (Å²) in [5.74, 6) is 0.592. The molecule has 24 heavy (non-hydrogen) atoms. The summed E-state index contributed by atoms with van der Waals surface area (Å²) in [6.07, 6.45) is 0.801. The molecule has 0 aromatic heterocycles. The third-order valence-electron chi connectivity index (χ3n) is 4.08. The second kappa shape index (κ2) is 5.95. The highest BCUT2D eigenvalue weighted by atomic mass is 35.5. The van der Waals surface area contributed by atoms with Crippen LogP contribution in [0.15, 0.2) is 48.2 Å². The highest BCUT2D eigenvalue weighted by Crippen LogP contribution is 2.39. The molecular weight excluding hydrogens is 326 g/mol. The maximum absolute atomic E-state index is 11.5. The SMILES string of the molecule is CC(C)(C)c1ccc([C@H]2Oc3ccc(Cl)cc3C=C2[N+](=O)[O-])cc1. The third kappa shape index (κ3) is 3.15. The van der Waals surface area contributed by atoms with Gasteiger partial charge in [0.15, 0.2) is 0 Å². The number of nitro groups is 1. The lowest BCUT2D eigenvalue weighted by molar-refractivity contribution is -0.434. The summed E-state index contributed by atoms with van der Waals surface area (Å²) < 4.78 is 5.90. The van der Waals surface area contributed by atoms with Gasteiger partial charge in [0, 0.05) is 22.2 Å². The lowest BCUT2D eigenvalue weighted by Gasteiger charge is -2.24. The van der Waals surface area contributed by atoms with Crippen LogP contribution < -0.4 is 4.74 Å². The van der Waals surface area contributed by atoms with E-state index in [1.165, 1.54) is 11.6 Å². The van der Waals surface area contributed by atoms with Gasteiger partial charge in [0.2, 0.25) is 6.10 Å². The van der Waals surface area contributed by atoms with Crippen LogP contribution in [0.1, 0.15) is 43.6 Å². The molecule has 3 rings (SSSR count). The van der Waals surface area contributed by atoms with E-state index in [2.05, 4.69) is 20.8 Å². The molecule has 0 bridgehead atoms. The molecule has 2 aromatic rings. The molecule has 5 heteroatoms. The number of ether oxygens (including phenoxy) is 1. The zero-order valence-corrected chi connectivity index (χ0v) is 14.5. The van der Waals surface area contributed by atoms with Crippen LogP contribution in [0.4, 0.5) is 0 Å². The van der Waals surface area contributed by atoms with Crippen LogP contribution in [-0.2, 0) is 5.41 Å². The molecule has 1 aliphatic heterocycles. The van der Waals surface area contributed by atoms with E-state index in [-0.39, 0.29) is 11.1 Å². The first kappa shape index (κ1) is 16.5. The molecule has 1 aliphatic rings. The third-order valence-corrected chi connectivity index (χ3v) is 4.31. The van der Waals surface area contributed by atoms with Gasteiger partial charge in [-0.2, -0.15) is 0 Å². The van der Waals surface area contributed by atoms with E-state index < -0.39 is 11.0 Å². The minimum atomic E-state index is -0.734. The molecule has 124 valence electrons. The molecule has 0 saturated heterocycles. The fourth-order valence-corrected chi connectivity index (χ4v) is 2.89. The number of benzene rings is 2. The Morgan fingerprint density at radius 1 is 1.12 bits per heavy atom. The molecular formula is C19H18ClNO3. The van der Waals surface area contributed by atoms with Crippen molar-refractivity contribution in [3.8, 4) is 5.75 Å². The fourth-order valence-electron chi connectivity index (χ4n) is 2.71. The van der Waals surface area contributed by atoms with Crippen LogP contribution >= 0.6 is 11.6 Å². The Kier molecular flexibility index (Phi) is 4.10. The molecule has 0 spiro atoms. The van der Waals surface area contributed by atoms with Gasteiger partial charge in [-0.3, -0.25) is 10.1 Å². The number of fused-ring (bicyclic) bond motifs is 1. The molecule has 0 saturated carbocycles. The topological polar surface area (TPSA) is 52.4 Å². The second-order valence-corrected chi connectivity index (χ2v) is 7.31. The molecule has 0 N–H and O–H groups in total. The summed E-state index contributed by atoms with van der Waals surface area (Å²) in [6.45, 7) is 6.38. The monoisotopic (exact) mass is 343 g/mol. The number of rotatable bonds is 2. The van der Waals surface area contributed by atoms with Crippen molar-refractivity contribution in [2.45, 2.75) is 32.3 Å². The van der Waals surface area contributed by atoms with Crippen LogP contribution in [0.5, 0.6) is 5.75 Å². The van der Waals surface area contributed by atoms with E-state index in [1.54, 1.807) is 18.2 Å². The number of halogens is 1. The first-order valence-corrected chi connectivity index (χ1v) is 8.06. The Morgan fingerprint density at radius 2 is 1.79 bits per heavy atom. The normalized spacial score (nSPS) is 16.8. The lowest BCUT2D eigenvalue weighted by atomic mass is 9.86. The molecule has 0 aliphatic carbocycles. The molecule has 1 atom stereocenters. The average molecular weight is 344 g/mol. The van der Waals surface area contributed by atoms with Gasteiger partial charge in [-0.05, 0) is 29.2 Å². The van der Waals surface area contributed by atoms with Crippen molar-refractivity contribution in [2.75, 3.05) is 0 Å². The van der Waals surface area contributed by atoms with Crippen molar-refractivity contribution in [1.82, 2.24) is 0 Å². The van der Waals surface area contributed by atoms with Gasteiger partial charge in [-0.1, -0.05) is 56.6 Å². The standard InChI is InChI=1S/C19H18ClNO3/c1-19(2,3)14-6-4-12(5-7-14)18-16(21(22)23)11-13-10-15(20)8-9-17(13)24-18/h4-11,18H,1-3H3/t18-/m1/s1. The highest BCUT2D eigenvalue weighted by Gasteiger charge is 2.33. The maximum atomic E-state index is 11.5. The minimum Gasteiger partial charge on any atom is -0.474 e. The summed E-state index contributed by atoms with van der Waals surface area (Å²) in [5, 5.41) is 12.0. The Bertz CT molecular complexity index is 819. The Hall–Kier alpha value is -2.33. The van der Waals surface area contributed by atoms with E-state index in [0.717, 1.165) is 5.56 Å². The molecule has 0 fully saturated rings. The maximum Gasteiger partial charge on any atom is 0.291 e. The number of hydrogen-bond acceptors (Lipinski definition) is 3. The van der Waals surface area contributed by atoms with Gasteiger partial charge in [0.25, 0.3) is 5.70 Å². The Labute approximate surface area is 145 Å². The predicted molar refractivity (Wildman–Crippen MR) is 94.9 cm³/mol. The zero-order valence-electron chi connectivity index (χ0n) is 13.7. The van der Waals surface area contributed by atoms with Crippen LogP contribution in [0.25, 0.3) is 6.08 Å². The summed E-state index contributed by atoms with van der Waals surface area (Å²) in [6, 6.07) is 12.9. The van der Waals surface area contributed by atoms with Crippen LogP contribution in [0, 0.1) is 10.1 Å². The fraction of sp³-hybridized carbons (Fsp3) is 0.263. The number of nitrogens with zero attached hydrogens (tertiary/aromatic N) is 1. The lowest BCUT2D eigenvalue weighted by Crippen LogP contribution is -2.20. The predicted octanol–water partition coefficient (Wildman–Crippen LogP) is 5.39. The van der Waals surface area contributed by atoms with Gasteiger partial charge in [-0.25, -0.2) is 0 Å². The van der Waals surface area contributed by atoms with E-state index in [9.17, 15) is 10.1 Å². The van der Waals surface area contributed by atoms with Gasteiger partial charge in [0.1, 0.15) is 5.75 Å². The summed E-state index contributed by atoms with van der Waals surface area (Å²) in [5.41, 5.74) is 2.58. The molecule has 0 unspecified atom stereocenters. The molecule has 0 amide bonds. The van der Waals surface area contributed by atoms with Crippen LogP contribution in [0.2, 0.25) is 5.02 Å². The van der Waals surface area contributed by atoms with Crippen molar-refractivity contribution >= 4 is 17.7 Å². The van der Waals surface area contributed by atoms with Crippen molar-refractivity contribution in [3.63, 3.8) is 0 Å². The first-order chi connectivity index (χ1) is 11.3. The zero-order chi connectivity index (χ0) is 17.5. The molecule has 0 radical (unpaired) electrons. The van der Waals surface area contributed by atoms with E-state index in [1.807, 2.05) is 24.3 Å². The molecule has 4 nitrogen and oxygen atoms in total. The minimum absolute atomic E-state index is 0.00766. The Balaban J connectivity index is 2.02. The second-order valence-electron chi connectivity index (χ2n) is 6.88. The molecule has 2 aromatic carbocycles. The van der Waals surface area contributed by atoms with Crippen LogP contribution in [-0.4, -0.2) is 4.92 Å².